The number of hydrogen-bond acceptors (Lipinski definition) is 4. The molecule has 0 unspecified atom stereocenters. The summed E-state index contributed by atoms with van der Waals surface area (Å²) in [6.07, 6.45) is -3.69. The molecule has 0 radical (unpaired) electrons. The highest BCUT2D eigenvalue weighted by molar-refractivity contribution is 5.72. The first-order valence-electron chi connectivity index (χ1n) is 4.73. The van der Waals surface area contributed by atoms with Gasteiger partial charge in [-0.2, -0.15) is 13.2 Å². The molecule has 0 amide bonds. The van der Waals surface area contributed by atoms with Crippen LogP contribution < -0.4 is 5.73 Å². The number of pyridine rings is 1. The lowest BCUT2D eigenvalue weighted by Gasteiger charge is -2.08. The number of aromatic nitrogens is 1. The Morgan fingerprint density at radius 2 is 2.22 bits per heavy atom. The molecule has 0 aliphatic heterocycles. The highest BCUT2D eigenvalue weighted by Crippen LogP contribution is 2.32. The summed E-state index contributed by atoms with van der Waals surface area (Å²) in [5.74, 6) is 3.58. The predicted octanol–water partition coefficient (Wildman–Crippen LogP) is 1.60. The zero-order valence-corrected chi connectivity index (χ0v) is 9.34. The molecule has 7 heteroatoms. The molecule has 4 nitrogen and oxygen atoms in total. The van der Waals surface area contributed by atoms with E-state index in [9.17, 15) is 18.0 Å². The molecule has 0 aliphatic carbocycles. The minimum absolute atomic E-state index is 0.0282. The third-order valence-electron chi connectivity index (χ3n) is 1.92. The summed E-state index contributed by atoms with van der Waals surface area (Å²) in [7, 11) is 1.19. The molecule has 18 heavy (non-hydrogen) atoms. The summed E-state index contributed by atoms with van der Waals surface area (Å²) in [6.45, 7) is 0. The summed E-state index contributed by atoms with van der Waals surface area (Å²) in [6, 6.07) is 0.784. The SMILES string of the molecule is COC(=O)CC#Cc1cnc(N)c(C(F)(F)F)c1. The van der Waals surface area contributed by atoms with Crippen LogP contribution in [0.4, 0.5) is 19.0 Å². The van der Waals surface area contributed by atoms with Crippen LogP contribution in [0.3, 0.4) is 0 Å². The van der Waals surface area contributed by atoms with Gasteiger partial charge in [-0.25, -0.2) is 4.98 Å². The van der Waals surface area contributed by atoms with E-state index in [1.807, 2.05) is 0 Å². The highest BCUT2D eigenvalue weighted by atomic mass is 19.4. The molecule has 1 aromatic heterocycles. The number of carbonyl (C=O) groups excluding carboxylic acids is 1. The van der Waals surface area contributed by atoms with Crippen molar-refractivity contribution in [2.24, 2.45) is 0 Å². The van der Waals surface area contributed by atoms with Gasteiger partial charge in [-0.3, -0.25) is 4.79 Å². The normalized spacial score (nSPS) is 10.4. The molecule has 0 saturated carbocycles. The summed E-state index contributed by atoms with van der Waals surface area (Å²) in [5, 5.41) is 0. The average molecular weight is 258 g/mol. The van der Waals surface area contributed by atoms with Crippen molar-refractivity contribution in [2.75, 3.05) is 12.8 Å². The standard InChI is InChI=1S/C11H9F3N2O2/c1-18-9(17)4-2-3-7-5-8(11(12,13)14)10(15)16-6-7/h5-6H,4H2,1H3,(H2,15,16). The maximum Gasteiger partial charge on any atom is 0.419 e. The first-order chi connectivity index (χ1) is 8.34. The van der Waals surface area contributed by atoms with Gasteiger partial charge in [-0.05, 0) is 6.07 Å². The van der Waals surface area contributed by atoms with Crippen LogP contribution in [0.5, 0.6) is 0 Å². The Labute approximate surface area is 101 Å². The zero-order valence-electron chi connectivity index (χ0n) is 9.34. The van der Waals surface area contributed by atoms with Gasteiger partial charge in [0.15, 0.2) is 0 Å². The number of halogens is 3. The molecule has 0 saturated heterocycles. The molecule has 0 aliphatic rings. The van der Waals surface area contributed by atoms with Crippen LogP contribution in [-0.4, -0.2) is 18.1 Å². The maximum absolute atomic E-state index is 12.5. The lowest BCUT2D eigenvalue weighted by atomic mass is 10.2. The van der Waals surface area contributed by atoms with E-state index in [0.717, 1.165) is 12.3 Å². The molecule has 96 valence electrons. The Balaban J connectivity index is 2.96. The summed E-state index contributed by atoms with van der Waals surface area (Å²) >= 11 is 0. The molecular weight excluding hydrogens is 249 g/mol. The van der Waals surface area contributed by atoms with Crippen LogP contribution in [0.2, 0.25) is 0 Å². The quantitative estimate of drug-likeness (QED) is 0.613. The van der Waals surface area contributed by atoms with Gasteiger partial charge in [-0.1, -0.05) is 11.8 Å². The third-order valence-corrected chi connectivity index (χ3v) is 1.92. The fraction of sp³-hybridized carbons (Fsp3) is 0.273. The van der Waals surface area contributed by atoms with E-state index in [1.165, 1.54) is 7.11 Å². The zero-order chi connectivity index (χ0) is 13.8. The molecule has 1 heterocycles. The van der Waals surface area contributed by atoms with Crippen LogP contribution >= 0.6 is 0 Å². The Hall–Kier alpha value is -2.23. The van der Waals surface area contributed by atoms with Gasteiger partial charge in [0.1, 0.15) is 12.2 Å². The lowest BCUT2D eigenvalue weighted by molar-refractivity contribution is -0.139. The lowest BCUT2D eigenvalue weighted by Crippen LogP contribution is -2.10. The van der Waals surface area contributed by atoms with Crippen molar-refractivity contribution in [1.82, 2.24) is 4.98 Å². The molecule has 0 atom stereocenters. The molecule has 0 bridgehead atoms. The number of ether oxygens (including phenoxy) is 1. The van der Waals surface area contributed by atoms with Crippen LogP contribution in [0.1, 0.15) is 17.5 Å². The first kappa shape index (κ1) is 13.8. The fourth-order valence-electron chi connectivity index (χ4n) is 1.06. The number of esters is 1. The van der Waals surface area contributed by atoms with Crippen LogP contribution in [0, 0.1) is 11.8 Å². The number of methoxy groups -OCH3 is 1. The van der Waals surface area contributed by atoms with Crippen molar-refractivity contribution in [3.8, 4) is 11.8 Å². The minimum Gasteiger partial charge on any atom is -0.468 e. The van der Waals surface area contributed by atoms with Crippen molar-refractivity contribution in [2.45, 2.75) is 12.6 Å². The van der Waals surface area contributed by atoms with Crippen LogP contribution in [0.25, 0.3) is 0 Å². The molecule has 1 aromatic rings. The monoisotopic (exact) mass is 258 g/mol. The number of rotatable bonds is 1. The number of hydrogen-bond donors (Lipinski definition) is 1. The third kappa shape index (κ3) is 3.66. The number of carbonyl (C=O) groups is 1. The van der Waals surface area contributed by atoms with Crippen molar-refractivity contribution < 1.29 is 22.7 Å². The van der Waals surface area contributed by atoms with E-state index in [-0.39, 0.29) is 12.0 Å². The molecule has 2 N–H and O–H groups in total. The predicted molar refractivity (Wildman–Crippen MR) is 57.2 cm³/mol. The highest BCUT2D eigenvalue weighted by Gasteiger charge is 2.33. The molecule has 1 rings (SSSR count). The van der Waals surface area contributed by atoms with Gasteiger partial charge in [0.05, 0.1) is 12.7 Å². The minimum atomic E-state index is -4.59. The molecule has 0 fully saturated rings. The summed E-state index contributed by atoms with van der Waals surface area (Å²) < 4.78 is 41.8. The smallest absolute Gasteiger partial charge is 0.419 e. The number of nitrogens with two attached hydrogens (primary N) is 1. The average Bonchev–Trinajstić information content (AvgIpc) is 2.29. The number of nitrogens with zero attached hydrogens (tertiary/aromatic N) is 1. The second-order valence-corrected chi connectivity index (χ2v) is 3.21. The van der Waals surface area contributed by atoms with Crippen LogP contribution in [-0.2, 0) is 15.7 Å². The van der Waals surface area contributed by atoms with Crippen molar-refractivity contribution in [1.29, 1.82) is 0 Å². The Morgan fingerprint density at radius 3 is 2.78 bits per heavy atom. The van der Waals surface area contributed by atoms with Gasteiger partial charge in [0.25, 0.3) is 0 Å². The number of alkyl halides is 3. The van der Waals surface area contributed by atoms with Gasteiger partial charge < -0.3 is 10.5 Å². The maximum atomic E-state index is 12.5. The van der Waals surface area contributed by atoms with E-state index < -0.39 is 23.5 Å². The van der Waals surface area contributed by atoms with E-state index in [1.54, 1.807) is 0 Å². The fourth-order valence-corrected chi connectivity index (χ4v) is 1.06. The van der Waals surface area contributed by atoms with Gasteiger partial charge in [0.2, 0.25) is 0 Å². The van der Waals surface area contributed by atoms with E-state index >= 15 is 0 Å². The van der Waals surface area contributed by atoms with Gasteiger partial charge in [-0.15, -0.1) is 0 Å². The molecular formula is C11H9F3N2O2. The topological polar surface area (TPSA) is 65.2 Å². The Bertz CT molecular complexity index is 515. The Morgan fingerprint density at radius 1 is 1.56 bits per heavy atom. The largest absolute Gasteiger partial charge is 0.468 e. The van der Waals surface area contributed by atoms with E-state index in [0.29, 0.717) is 0 Å². The number of anilines is 1. The van der Waals surface area contributed by atoms with Crippen molar-refractivity contribution in [3.05, 3.63) is 23.4 Å². The van der Waals surface area contributed by atoms with Gasteiger partial charge >= 0.3 is 12.1 Å². The molecule has 0 aromatic carbocycles. The van der Waals surface area contributed by atoms with Crippen molar-refractivity contribution in [3.63, 3.8) is 0 Å². The van der Waals surface area contributed by atoms with E-state index in [4.69, 9.17) is 5.73 Å². The molecule has 0 spiro atoms. The van der Waals surface area contributed by atoms with E-state index in [2.05, 4.69) is 21.6 Å². The number of nitrogen functional groups attached to an aromatic ring is 1. The second kappa shape index (κ2) is 5.40. The summed E-state index contributed by atoms with van der Waals surface area (Å²) in [4.78, 5) is 14.1. The summed E-state index contributed by atoms with van der Waals surface area (Å²) in [5.41, 5.74) is 4.10. The first-order valence-corrected chi connectivity index (χ1v) is 4.73. The van der Waals surface area contributed by atoms with Crippen LogP contribution in [0.15, 0.2) is 12.3 Å². The van der Waals surface area contributed by atoms with Crippen molar-refractivity contribution >= 4 is 11.8 Å². The van der Waals surface area contributed by atoms with Gasteiger partial charge in [0, 0.05) is 11.8 Å². The Kier molecular flexibility index (Phi) is 4.15. The second-order valence-electron chi connectivity index (χ2n) is 3.21.